The summed E-state index contributed by atoms with van der Waals surface area (Å²) in [7, 11) is 3.76. The summed E-state index contributed by atoms with van der Waals surface area (Å²) in [5.74, 6) is 3.31. The summed E-state index contributed by atoms with van der Waals surface area (Å²) in [4.78, 5) is 6.90. The lowest BCUT2D eigenvalue weighted by Gasteiger charge is -2.26. The van der Waals surface area contributed by atoms with Crippen LogP contribution < -0.4 is 14.8 Å². The van der Waals surface area contributed by atoms with E-state index >= 15 is 0 Å². The maximum atomic E-state index is 5.76. The van der Waals surface area contributed by atoms with E-state index in [0.717, 1.165) is 49.7 Å². The van der Waals surface area contributed by atoms with E-state index in [9.17, 15) is 0 Å². The predicted octanol–water partition coefficient (Wildman–Crippen LogP) is 2.79. The maximum Gasteiger partial charge on any atom is 0.193 e. The largest absolute Gasteiger partial charge is 0.497 e. The molecule has 0 unspecified atom stereocenters. The van der Waals surface area contributed by atoms with Gasteiger partial charge in [0.1, 0.15) is 18.1 Å². The third-order valence-electron chi connectivity index (χ3n) is 4.57. The average molecular weight is 364 g/mol. The zero-order valence-corrected chi connectivity index (χ0v) is 16.4. The quantitative estimate of drug-likeness (QED) is 0.415. The summed E-state index contributed by atoms with van der Waals surface area (Å²) in [6.07, 6.45) is 3.54. The standard InChI is InChI=1S/C20H33N3O3/c1-4-21-20(23(2)12-8-17-9-13-25-14-10-17)22-11-15-26-19-7-5-6-18(16-19)24-3/h5-7,16-17H,4,8-15H2,1-3H3,(H,21,22). The van der Waals surface area contributed by atoms with Crippen LogP contribution in [0.15, 0.2) is 29.3 Å². The minimum Gasteiger partial charge on any atom is -0.497 e. The van der Waals surface area contributed by atoms with Crippen LogP contribution in [0.1, 0.15) is 26.2 Å². The van der Waals surface area contributed by atoms with Crippen molar-refractivity contribution in [2.24, 2.45) is 10.9 Å². The molecule has 146 valence electrons. The molecule has 1 aromatic rings. The van der Waals surface area contributed by atoms with E-state index in [-0.39, 0.29) is 0 Å². The lowest BCUT2D eigenvalue weighted by atomic mass is 9.96. The number of guanidine groups is 1. The Balaban J connectivity index is 1.76. The van der Waals surface area contributed by atoms with Gasteiger partial charge in [0.05, 0.1) is 13.7 Å². The van der Waals surface area contributed by atoms with E-state index < -0.39 is 0 Å². The molecule has 1 aromatic carbocycles. The average Bonchev–Trinajstić information content (AvgIpc) is 2.69. The fourth-order valence-electron chi connectivity index (χ4n) is 2.99. The minimum atomic E-state index is 0.538. The second kappa shape index (κ2) is 11.6. The minimum absolute atomic E-state index is 0.538. The summed E-state index contributed by atoms with van der Waals surface area (Å²) in [6, 6.07) is 7.64. The molecule has 0 bridgehead atoms. The molecule has 26 heavy (non-hydrogen) atoms. The highest BCUT2D eigenvalue weighted by atomic mass is 16.5. The van der Waals surface area contributed by atoms with Gasteiger partial charge in [-0.3, -0.25) is 0 Å². The van der Waals surface area contributed by atoms with Crippen molar-refractivity contribution < 1.29 is 14.2 Å². The maximum absolute atomic E-state index is 5.76. The number of ether oxygens (including phenoxy) is 3. The Morgan fingerprint density at radius 1 is 1.31 bits per heavy atom. The van der Waals surface area contributed by atoms with Crippen molar-refractivity contribution in [3.05, 3.63) is 24.3 Å². The summed E-state index contributed by atoms with van der Waals surface area (Å²) < 4.78 is 16.4. The molecule has 0 radical (unpaired) electrons. The Morgan fingerprint density at radius 3 is 2.81 bits per heavy atom. The highest BCUT2D eigenvalue weighted by Crippen LogP contribution is 2.19. The molecule has 0 saturated carbocycles. The lowest BCUT2D eigenvalue weighted by molar-refractivity contribution is 0.0625. The van der Waals surface area contributed by atoms with Crippen LogP contribution in [0.5, 0.6) is 11.5 Å². The van der Waals surface area contributed by atoms with Gasteiger partial charge in [0.2, 0.25) is 0 Å². The Kier molecular flexibility index (Phi) is 9.10. The van der Waals surface area contributed by atoms with Crippen LogP contribution in [0.25, 0.3) is 0 Å². The fourth-order valence-corrected chi connectivity index (χ4v) is 2.99. The van der Waals surface area contributed by atoms with E-state index in [4.69, 9.17) is 14.2 Å². The Bertz CT molecular complexity index is 545. The number of hydrogen-bond acceptors (Lipinski definition) is 4. The second-order valence-electron chi connectivity index (χ2n) is 6.53. The molecule has 1 N–H and O–H groups in total. The van der Waals surface area contributed by atoms with Crippen molar-refractivity contribution in [3.8, 4) is 11.5 Å². The first-order valence-corrected chi connectivity index (χ1v) is 9.57. The van der Waals surface area contributed by atoms with Crippen LogP contribution >= 0.6 is 0 Å². The number of aliphatic imine (C=N–C) groups is 1. The second-order valence-corrected chi connectivity index (χ2v) is 6.53. The van der Waals surface area contributed by atoms with E-state index in [2.05, 4.69) is 29.2 Å². The Labute approximate surface area is 157 Å². The van der Waals surface area contributed by atoms with Crippen LogP contribution in [0.4, 0.5) is 0 Å². The number of rotatable bonds is 9. The molecular formula is C20H33N3O3. The molecule has 1 heterocycles. The van der Waals surface area contributed by atoms with Crippen LogP contribution in [0.3, 0.4) is 0 Å². The Morgan fingerprint density at radius 2 is 2.08 bits per heavy atom. The van der Waals surface area contributed by atoms with E-state index in [1.807, 2.05) is 24.3 Å². The number of nitrogens with zero attached hydrogens (tertiary/aromatic N) is 2. The van der Waals surface area contributed by atoms with Crippen molar-refractivity contribution in [1.82, 2.24) is 10.2 Å². The van der Waals surface area contributed by atoms with Crippen molar-refractivity contribution >= 4 is 5.96 Å². The van der Waals surface area contributed by atoms with Gasteiger partial charge in [0, 0.05) is 39.4 Å². The molecule has 1 fully saturated rings. The van der Waals surface area contributed by atoms with E-state index in [1.54, 1.807) is 7.11 Å². The number of methoxy groups -OCH3 is 1. The van der Waals surface area contributed by atoms with Gasteiger partial charge in [-0.05, 0) is 44.2 Å². The van der Waals surface area contributed by atoms with Gasteiger partial charge >= 0.3 is 0 Å². The van der Waals surface area contributed by atoms with Crippen molar-refractivity contribution in [3.63, 3.8) is 0 Å². The third kappa shape index (κ3) is 7.12. The highest BCUT2D eigenvalue weighted by molar-refractivity contribution is 5.79. The van der Waals surface area contributed by atoms with Gasteiger partial charge in [-0.2, -0.15) is 0 Å². The molecule has 0 atom stereocenters. The molecular weight excluding hydrogens is 330 g/mol. The number of nitrogens with one attached hydrogen (secondary N) is 1. The molecule has 0 amide bonds. The summed E-state index contributed by atoms with van der Waals surface area (Å²) in [5, 5.41) is 3.36. The van der Waals surface area contributed by atoms with Crippen molar-refractivity contribution in [1.29, 1.82) is 0 Å². The van der Waals surface area contributed by atoms with Gasteiger partial charge in [-0.25, -0.2) is 4.99 Å². The molecule has 1 aliphatic rings. The molecule has 1 saturated heterocycles. The molecule has 6 nitrogen and oxygen atoms in total. The molecule has 1 aliphatic heterocycles. The van der Waals surface area contributed by atoms with Crippen LogP contribution in [-0.2, 0) is 4.74 Å². The number of hydrogen-bond donors (Lipinski definition) is 1. The van der Waals surface area contributed by atoms with Gasteiger partial charge < -0.3 is 24.4 Å². The normalized spacial score (nSPS) is 15.6. The Hall–Kier alpha value is -1.95. The highest BCUT2D eigenvalue weighted by Gasteiger charge is 2.15. The van der Waals surface area contributed by atoms with E-state index in [1.165, 1.54) is 19.3 Å². The first-order chi connectivity index (χ1) is 12.7. The van der Waals surface area contributed by atoms with Gasteiger partial charge in [0.15, 0.2) is 5.96 Å². The topological polar surface area (TPSA) is 55.3 Å². The third-order valence-corrected chi connectivity index (χ3v) is 4.57. The monoisotopic (exact) mass is 363 g/mol. The molecule has 6 heteroatoms. The van der Waals surface area contributed by atoms with Crippen LogP contribution in [0, 0.1) is 5.92 Å². The lowest BCUT2D eigenvalue weighted by Crippen LogP contribution is -2.40. The predicted molar refractivity (Wildman–Crippen MR) is 105 cm³/mol. The number of benzene rings is 1. The summed E-state index contributed by atoms with van der Waals surface area (Å²) in [6.45, 7) is 6.92. The first kappa shape index (κ1) is 20.4. The van der Waals surface area contributed by atoms with Gasteiger partial charge in [0.25, 0.3) is 0 Å². The van der Waals surface area contributed by atoms with Crippen LogP contribution in [-0.4, -0.2) is 64.5 Å². The van der Waals surface area contributed by atoms with Crippen LogP contribution in [0.2, 0.25) is 0 Å². The smallest absolute Gasteiger partial charge is 0.193 e. The first-order valence-electron chi connectivity index (χ1n) is 9.57. The summed E-state index contributed by atoms with van der Waals surface area (Å²) >= 11 is 0. The van der Waals surface area contributed by atoms with Gasteiger partial charge in [-0.15, -0.1) is 0 Å². The van der Waals surface area contributed by atoms with Crippen molar-refractivity contribution in [2.75, 3.05) is 53.6 Å². The molecule has 0 aromatic heterocycles. The summed E-state index contributed by atoms with van der Waals surface area (Å²) in [5.41, 5.74) is 0. The molecule has 2 rings (SSSR count). The van der Waals surface area contributed by atoms with Gasteiger partial charge in [-0.1, -0.05) is 6.07 Å². The molecule has 0 aliphatic carbocycles. The zero-order valence-electron chi connectivity index (χ0n) is 16.4. The van der Waals surface area contributed by atoms with Crippen molar-refractivity contribution in [2.45, 2.75) is 26.2 Å². The fraction of sp³-hybridized carbons (Fsp3) is 0.650. The zero-order chi connectivity index (χ0) is 18.6. The van der Waals surface area contributed by atoms with E-state index in [0.29, 0.717) is 13.2 Å². The SMILES string of the molecule is CCNC(=NCCOc1cccc(OC)c1)N(C)CCC1CCOCC1. The molecule has 0 spiro atoms.